The lowest BCUT2D eigenvalue weighted by Crippen LogP contribution is -2.23. The highest BCUT2D eigenvalue weighted by molar-refractivity contribution is 7.10. The first-order chi connectivity index (χ1) is 6.79. The Hall–Kier alpha value is -0.870. The topological polar surface area (TPSA) is 46.3 Å². The van der Waals surface area contributed by atoms with Crippen LogP contribution in [0.2, 0.25) is 0 Å². The molecule has 0 aromatic carbocycles. The molecule has 0 saturated carbocycles. The third-order valence-electron chi connectivity index (χ3n) is 2.45. The second-order valence-electron chi connectivity index (χ2n) is 3.54. The Morgan fingerprint density at radius 1 is 1.57 bits per heavy atom. The molecule has 0 unspecified atom stereocenters. The van der Waals surface area contributed by atoms with Gasteiger partial charge in [0.1, 0.15) is 0 Å². The van der Waals surface area contributed by atoms with Crippen molar-refractivity contribution < 1.29 is 4.79 Å². The van der Waals surface area contributed by atoms with E-state index >= 15 is 0 Å². The van der Waals surface area contributed by atoms with Gasteiger partial charge in [0.25, 0.3) is 0 Å². The number of carbonyl (C=O) groups is 1. The number of likely N-dealkylation sites (tertiary alicyclic amines) is 1. The number of hydrogen-bond donors (Lipinski definition) is 1. The zero-order valence-electron chi connectivity index (χ0n) is 8.03. The maximum absolute atomic E-state index is 11.4. The van der Waals surface area contributed by atoms with Gasteiger partial charge in [-0.2, -0.15) is 0 Å². The lowest BCUT2D eigenvalue weighted by atomic mass is 10.3. The molecule has 1 fully saturated rings. The van der Waals surface area contributed by atoms with Crippen molar-refractivity contribution in [2.75, 3.05) is 6.54 Å². The first kappa shape index (κ1) is 9.68. The van der Waals surface area contributed by atoms with E-state index in [4.69, 9.17) is 5.73 Å². The van der Waals surface area contributed by atoms with E-state index in [9.17, 15) is 4.79 Å². The minimum atomic E-state index is 0.283. The molecule has 2 N–H and O–H groups in total. The van der Waals surface area contributed by atoms with Gasteiger partial charge in [0.15, 0.2) is 0 Å². The molecule has 1 aliphatic heterocycles. The Kier molecular flexibility index (Phi) is 2.84. The van der Waals surface area contributed by atoms with Gasteiger partial charge in [-0.15, -0.1) is 11.3 Å². The van der Waals surface area contributed by atoms with Crippen molar-refractivity contribution in [1.82, 2.24) is 4.90 Å². The molecule has 3 nitrogen and oxygen atoms in total. The van der Waals surface area contributed by atoms with E-state index in [0.29, 0.717) is 13.0 Å². The van der Waals surface area contributed by atoms with Gasteiger partial charge in [-0.1, -0.05) is 0 Å². The van der Waals surface area contributed by atoms with Crippen LogP contribution in [-0.4, -0.2) is 17.4 Å². The smallest absolute Gasteiger partial charge is 0.222 e. The summed E-state index contributed by atoms with van der Waals surface area (Å²) in [5, 5.41) is 2.09. The SMILES string of the molecule is NCc1cc(CN2CCCC2=O)cs1. The van der Waals surface area contributed by atoms with E-state index in [0.717, 1.165) is 19.5 Å². The highest BCUT2D eigenvalue weighted by atomic mass is 32.1. The van der Waals surface area contributed by atoms with Crippen LogP contribution in [0, 0.1) is 0 Å². The summed E-state index contributed by atoms with van der Waals surface area (Å²) >= 11 is 1.67. The van der Waals surface area contributed by atoms with Crippen molar-refractivity contribution in [1.29, 1.82) is 0 Å². The minimum absolute atomic E-state index is 0.283. The van der Waals surface area contributed by atoms with Gasteiger partial charge in [0, 0.05) is 30.9 Å². The number of carbonyl (C=O) groups excluding carboxylic acids is 1. The molecule has 1 aliphatic rings. The fourth-order valence-corrected chi connectivity index (χ4v) is 2.47. The number of rotatable bonds is 3. The summed E-state index contributed by atoms with van der Waals surface area (Å²) in [7, 11) is 0. The summed E-state index contributed by atoms with van der Waals surface area (Å²) in [4.78, 5) is 14.5. The largest absolute Gasteiger partial charge is 0.338 e. The van der Waals surface area contributed by atoms with Crippen molar-refractivity contribution in [3.05, 3.63) is 21.9 Å². The molecule has 0 aliphatic carbocycles. The fourth-order valence-electron chi connectivity index (χ4n) is 1.71. The van der Waals surface area contributed by atoms with Crippen molar-refractivity contribution in [3.8, 4) is 0 Å². The fraction of sp³-hybridized carbons (Fsp3) is 0.500. The number of hydrogen-bond acceptors (Lipinski definition) is 3. The molecule has 14 heavy (non-hydrogen) atoms. The van der Waals surface area contributed by atoms with Crippen molar-refractivity contribution in [2.24, 2.45) is 5.73 Å². The Morgan fingerprint density at radius 2 is 2.43 bits per heavy atom. The number of nitrogens with two attached hydrogens (primary N) is 1. The zero-order chi connectivity index (χ0) is 9.97. The standard InChI is InChI=1S/C10H14N2OS/c11-5-9-4-8(7-14-9)6-12-3-1-2-10(12)13/h4,7H,1-3,5-6,11H2. The molecule has 4 heteroatoms. The molecule has 1 amide bonds. The van der Waals surface area contributed by atoms with E-state index in [1.807, 2.05) is 4.90 Å². The van der Waals surface area contributed by atoms with Crippen molar-refractivity contribution in [3.63, 3.8) is 0 Å². The molecule has 2 heterocycles. The van der Waals surface area contributed by atoms with Crippen molar-refractivity contribution in [2.45, 2.75) is 25.9 Å². The first-order valence-electron chi connectivity index (χ1n) is 4.83. The lowest BCUT2D eigenvalue weighted by Gasteiger charge is -2.13. The predicted octanol–water partition coefficient (Wildman–Crippen LogP) is 1.33. The van der Waals surface area contributed by atoms with Crippen LogP contribution < -0.4 is 5.73 Å². The van der Waals surface area contributed by atoms with E-state index in [1.165, 1.54) is 10.4 Å². The van der Waals surface area contributed by atoms with Gasteiger partial charge in [-0.3, -0.25) is 4.79 Å². The number of amides is 1. The number of nitrogens with zero attached hydrogens (tertiary/aromatic N) is 1. The predicted molar refractivity (Wildman–Crippen MR) is 56.9 cm³/mol. The summed E-state index contributed by atoms with van der Waals surface area (Å²) in [6.45, 7) is 2.26. The molecule has 2 rings (SSSR count). The first-order valence-corrected chi connectivity index (χ1v) is 5.71. The average molecular weight is 210 g/mol. The molecule has 0 spiro atoms. The van der Waals surface area contributed by atoms with Gasteiger partial charge in [0.05, 0.1) is 0 Å². The minimum Gasteiger partial charge on any atom is -0.338 e. The summed E-state index contributed by atoms with van der Waals surface area (Å²) in [5.41, 5.74) is 6.74. The molecule has 0 radical (unpaired) electrons. The van der Waals surface area contributed by atoms with Crippen LogP contribution in [0.5, 0.6) is 0 Å². The molecular weight excluding hydrogens is 196 g/mol. The van der Waals surface area contributed by atoms with Crippen LogP contribution in [0.4, 0.5) is 0 Å². The Morgan fingerprint density at radius 3 is 3.00 bits per heavy atom. The molecule has 0 atom stereocenters. The van der Waals surface area contributed by atoms with Gasteiger partial charge in [-0.05, 0) is 23.4 Å². The van der Waals surface area contributed by atoms with Crippen LogP contribution in [0.1, 0.15) is 23.3 Å². The lowest BCUT2D eigenvalue weighted by molar-refractivity contribution is -0.128. The second-order valence-corrected chi connectivity index (χ2v) is 4.54. The van der Waals surface area contributed by atoms with Crippen molar-refractivity contribution >= 4 is 17.2 Å². The van der Waals surface area contributed by atoms with Crippen LogP contribution in [0.25, 0.3) is 0 Å². The van der Waals surface area contributed by atoms with E-state index in [2.05, 4.69) is 11.4 Å². The van der Waals surface area contributed by atoms with Gasteiger partial charge in [-0.25, -0.2) is 0 Å². The van der Waals surface area contributed by atoms with Crippen LogP contribution in [0.15, 0.2) is 11.4 Å². The molecule has 1 aromatic heterocycles. The average Bonchev–Trinajstić information content (AvgIpc) is 2.77. The van der Waals surface area contributed by atoms with Gasteiger partial charge >= 0.3 is 0 Å². The molecule has 1 aromatic rings. The molecule has 0 bridgehead atoms. The maximum Gasteiger partial charge on any atom is 0.222 e. The summed E-state index contributed by atoms with van der Waals surface area (Å²) in [6, 6.07) is 2.09. The van der Waals surface area contributed by atoms with E-state index in [-0.39, 0.29) is 5.91 Å². The van der Waals surface area contributed by atoms with Crippen LogP contribution in [0.3, 0.4) is 0 Å². The van der Waals surface area contributed by atoms with Crippen LogP contribution >= 0.6 is 11.3 Å². The Balaban J connectivity index is 1.99. The third-order valence-corrected chi connectivity index (χ3v) is 3.46. The Bertz CT molecular complexity index is 335. The summed E-state index contributed by atoms with van der Waals surface area (Å²) < 4.78 is 0. The molecule has 1 saturated heterocycles. The van der Waals surface area contributed by atoms with Gasteiger partial charge < -0.3 is 10.6 Å². The summed E-state index contributed by atoms with van der Waals surface area (Å²) in [6.07, 6.45) is 1.72. The monoisotopic (exact) mass is 210 g/mol. The van der Waals surface area contributed by atoms with Crippen LogP contribution in [-0.2, 0) is 17.9 Å². The Labute approximate surface area is 87.5 Å². The highest BCUT2D eigenvalue weighted by Crippen LogP contribution is 2.18. The number of thiophene rings is 1. The maximum atomic E-state index is 11.4. The third kappa shape index (κ3) is 1.96. The summed E-state index contributed by atoms with van der Waals surface area (Å²) in [5.74, 6) is 0.283. The van der Waals surface area contributed by atoms with E-state index < -0.39 is 0 Å². The highest BCUT2D eigenvalue weighted by Gasteiger charge is 2.20. The normalized spacial score (nSPS) is 16.6. The molecule has 76 valence electrons. The van der Waals surface area contributed by atoms with Gasteiger partial charge in [0.2, 0.25) is 5.91 Å². The zero-order valence-corrected chi connectivity index (χ0v) is 8.85. The quantitative estimate of drug-likeness (QED) is 0.818. The second kappa shape index (κ2) is 4.11. The molecular formula is C10H14N2OS. The van der Waals surface area contributed by atoms with E-state index in [1.54, 1.807) is 11.3 Å².